The standard InChI is InChI=1S/C14H16ClN3O/c1-3-6-17-14-13(16-7-8-18-14)10-4-5-11(15)12(9-10)19-2/h4-5,7-9H,3,6H2,1-2H3,(H,17,18). The predicted molar refractivity (Wildman–Crippen MR) is 77.8 cm³/mol. The minimum Gasteiger partial charge on any atom is -0.495 e. The first-order chi connectivity index (χ1) is 9.26. The zero-order chi connectivity index (χ0) is 13.7. The molecule has 4 nitrogen and oxygen atoms in total. The largest absolute Gasteiger partial charge is 0.495 e. The monoisotopic (exact) mass is 277 g/mol. The molecule has 0 bridgehead atoms. The van der Waals surface area contributed by atoms with Crippen molar-refractivity contribution in [2.45, 2.75) is 13.3 Å². The lowest BCUT2D eigenvalue weighted by atomic mass is 10.1. The van der Waals surface area contributed by atoms with Crippen molar-refractivity contribution in [2.75, 3.05) is 19.0 Å². The second-order valence-corrected chi connectivity index (χ2v) is 4.44. The van der Waals surface area contributed by atoms with Crippen molar-refractivity contribution < 1.29 is 4.74 Å². The van der Waals surface area contributed by atoms with Gasteiger partial charge in [-0.3, -0.25) is 4.98 Å². The number of benzene rings is 1. The number of nitrogens with one attached hydrogen (secondary N) is 1. The smallest absolute Gasteiger partial charge is 0.152 e. The van der Waals surface area contributed by atoms with Crippen molar-refractivity contribution in [3.63, 3.8) is 0 Å². The molecule has 0 atom stereocenters. The molecule has 1 N–H and O–H groups in total. The topological polar surface area (TPSA) is 47.0 Å². The van der Waals surface area contributed by atoms with Crippen LogP contribution in [0.1, 0.15) is 13.3 Å². The van der Waals surface area contributed by atoms with Gasteiger partial charge in [0.25, 0.3) is 0 Å². The molecule has 2 rings (SSSR count). The fraction of sp³-hybridized carbons (Fsp3) is 0.286. The summed E-state index contributed by atoms with van der Waals surface area (Å²) in [4.78, 5) is 8.71. The minimum atomic E-state index is 0.582. The van der Waals surface area contributed by atoms with E-state index in [0.717, 1.165) is 30.0 Å². The molecular weight excluding hydrogens is 262 g/mol. The van der Waals surface area contributed by atoms with Crippen molar-refractivity contribution >= 4 is 17.4 Å². The zero-order valence-electron chi connectivity index (χ0n) is 11.0. The number of hydrogen-bond donors (Lipinski definition) is 1. The lowest BCUT2D eigenvalue weighted by Gasteiger charge is -2.10. The Morgan fingerprint density at radius 1 is 1.26 bits per heavy atom. The number of nitrogens with zero attached hydrogens (tertiary/aromatic N) is 2. The van der Waals surface area contributed by atoms with E-state index in [2.05, 4.69) is 22.2 Å². The zero-order valence-corrected chi connectivity index (χ0v) is 11.7. The molecule has 0 aliphatic rings. The molecule has 0 amide bonds. The molecule has 19 heavy (non-hydrogen) atoms. The van der Waals surface area contributed by atoms with E-state index in [1.165, 1.54) is 0 Å². The summed E-state index contributed by atoms with van der Waals surface area (Å²) in [7, 11) is 1.60. The summed E-state index contributed by atoms with van der Waals surface area (Å²) in [6.45, 7) is 2.96. The van der Waals surface area contributed by atoms with Crippen molar-refractivity contribution in [3.8, 4) is 17.0 Å². The normalized spacial score (nSPS) is 10.3. The fourth-order valence-corrected chi connectivity index (χ4v) is 1.92. The van der Waals surface area contributed by atoms with Crippen LogP contribution >= 0.6 is 11.6 Å². The van der Waals surface area contributed by atoms with Gasteiger partial charge in [-0.2, -0.15) is 0 Å². The number of hydrogen-bond acceptors (Lipinski definition) is 4. The average molecular weight is 278 g/mol. The van der Waals surface area contributed by atoms with Crippen LogP contribution in [0.15, 0.2) is 30.6 Å². The van der Waals surface area contributed by atoms with Crippen LogP contribution in [-0.4, -0.2) is 23.6 Å². The second-order valence-electron chi connectivity index (χ2n) is 4.03. The molecule has 2 aromatic rings. The highest BCUT2D eigenvalue weighted by Crippen LogP contribution is 2.31. The van der Waals surface area contributed by atoms with E-state index in [-0.39, 0.29) is 0 Å². The summed E-state index contributed by atoms with van der Waals surface area (Å²) < 4.78 is 5.23. The maximum Gasteiger partial charge on any atom is 0.152 e. The highest BCUT2D eigenvalue weighted by Gasteiger charge is 2.10. The Labute approximate surface area is 117 Å². The van der Waals surface area contributed by atoms with Crippen LogP contribution in [0.5, 0.6) is 5.75 Å². The molecule has 5 heteroatoms. The number of ether oxygens (including phenoxy) is 1. The Morgan fingerprint density at radius 3 is 2.79 bits per heavy atom. The van der Waals surface area contributed by atoms with Gasteiger partial charge in [0.15, 0.2) is 5.82 Å². The molecule has 0 spiro atoms. The highest BCUT2D eigenvalue weighted by atomic mass is 35.5. The van der Waals surface area contributed by atoms with Crippen LogP contribution in [0, 0.1) is 0 Å². The summed E-state index contributed by atoms with van der Waals surface area (Å²) in [5, 5.41) is 3.85. The average Bonchev–Trinajstić information content (AvgIpc) is 2.46. The molecule has 0 saturated heterocycles. The van der Waals surface area contributed by atoms with Crippen LogP contribution in [0.4, 0.5) is 5.82 Å². The molecule has 0 aliphatic carbocycles. The van der Waals surface area contributed by atoms with E-state index < -0.39 is 0 Å². The fourth-order valence-electron chi connectivity index (χ4n) is 1.73. The number of methoxy groups -OCH3 is 1. The van der Waals surface area contributed by atoms with Gasteiger partial charge in [0.05, 0.1) is 12.1 Å². The Hall–Kier alpha value is -1.81. The first kappa shape index (κ1) is 13.6. The number of rotatable bonds is 5. The summed E-state index contributed by atoms with van der Waals surface area (Å²) >= 11 is 6.03. The Balaban J connectivity index is 2.40. The van der Waals surface area contributed by atoms with Crippen LogP contribution in [0.3, 0.4) is 0 Å². The van der Waals surface area contributed by atoms with Crippen molar-refractivity contribution in [3.05, 3.63) is 35.6 Å². The van der Waals surface area contributed by atoms with Gasteiger partial charge in [0.1, 0.15) is 11.4 Å². The summed E-state index contributed by atoms with van der Waals surface area (Å²) in [5.74, 6) is 1.40. The van der Waals surface area contributed by atoms with Gasteiger partial charge in [-0.15, -0.1) is 0 Å². The molecule has 100 valence electrons. The van der Waals surface area contributed by atoms with Gasteiger partial charge in [0.2, 0.25) is 0 Å². The Bertz CT molecular complexity index is 560. The quantitative estimate of drug-likeness (QED) is 0.907. The van der Waals surface area contributed by atoms with Gasteiger partial charge >= 0.3 is 0 Å². The molecule has 1 aromatic heterocycles. The Kier molecular flexibility index (Phi) is 4.58. The van der Waals surface area contributed by atoms with E-state index in [0.29, 0.717) is 10.8 Å². The molecule has 1 aromatic carbocycles. The van der Waals surface area contributed by atoms with Gasteiger partial charge < -0.3 is 10.1 Å². The van der Waals surface area contributed by atoms with Gasteiger partial charge in [0, 0.05) is 24.5 Å². The van der Waals surface area contributed by atoms with Crippen LogP contribution in [-0.2, 0) is 0 Å². The molecule has 0 radical (unpaired) electrons. The van der Waals surface area contributed by atoms with Crippen LogP contribution in [0.25, 0.3) is 11.3 Å². The van der Waals surface area contributed by atoms with E-state index in [4.69, 9.17) is 16.3 Å². The molecule has 0 fully saturated rings. The van der Waals surface area contributed by atoms with E-state index >= 15 is 0 Å². The molecule has 0 saturated carbocycles. The third-order valence-electron chi connectivity index (χ3n) is 2.67. The lowest BCUT2D eigenvalue weighted by Crippen LogP contribution is -2.04. The van der Waals surface area contributed by atoms with Crippen molar-refractivity contribution in [1.82, 2.24) is 9.97 Å². The third kappa shape index (κ3) is 3.15. The van der Waals surface area contributed by atoms with Crippen molar-refractivity contribution in [1.29, 1.82) is 0 Å². The van der Waals surface area contributed by atoms with Gasteiger partial charge in [-0.1, -0.05) is 24.6 Å². The molecule has 1 heterocycles. The number of anilines is 1. The van der Waals surface area contributed by atoms with E-state index in [1.54, 1.807) is 25.6 Å². The summed E-state index contributed by atoms with van der Waals surface area (Å²) in [6, 6.07) is 5.57. The summed E-state index contributed by atoms with van der Waals surface area (Å²) in [6.07, 6.45) is 4.38. The van der Waals surface area contributed by atoms with Gasteiger partial charge in [-0.25, -0.2) is 4.98 Å². The minimum absolute atomic E-state index is 0.582. The lowest BCUT2D eigenvalue weighted by molar-refractivity contribution is 0.415. The van der Waals surface area contributed by atoms with Crippen molar-refractivity contribution in [2.24, 2.45) is 0 Å². The number of halogens is 1. The van der Waals surface area contributed by atoms with Crippen LogP contribution in [0.2, 0.25) is 5.02 Å². The number of aromatic nitrogens is 2. The maximum atomic E-state index is 6.03. The van der Waals surface area contributed by atoms with E-state index in [1.807, 2.05) is 12.1 Å². The third-order valence-corrected chi connectivity index (χ3v) is 2.98. The van der Waals surface area contributed by atoms with Gasteiger partial charge in [-0.05, 0) is 18.6 Å². The summed E-state index contributed by atoms with van der Waals surface area (Å²) in [5.41, 5.74) is 1.72. The van der Waals surface area contributed by atoms with Crippen LogP contribution < -0.4 is 10.1 Å². The molecule has 0 aliphatic heterocycles. The van der Waals surface area contributed by atoms with E-state index in [9.17, 15) is 0 Å². The second kappa shape index (κ2) is 6.38. The Morgan fingerprint density at radius 2 is 2.05 bits per heavy atom. The molecule has 0 unspecified atom stereocenters. The first-order valence-electron chi connectivity index (χ1n) is 6.15. The highest BCUT2D eigenvalue weighted by molar-refractivity contribution is 6.32. The SMILES string of the molecule is CCCNc1nccnc1-c1ccc(Cl)c(OC)c1. The predicted octanol–water partition coefficient (Wildman–Crippen LogP) is 3.63. The maximum absolute atomic E-state index is 6.03. The first-order valence-corrected chi connectivity index (χ1v) is 6.52. The molecular formula is C14H16ClN3O.